The Morgan fingerprint density at radius 2 is 1.84 bits per heavy atom. The summed E-state index contributed by atoms with van der Waals surface area (Å²) in [4.78, 5) is 14.3. The van der Waals surface area contributed by atoms with Gasteiger partial charge in [-0.25, -0.2) is 8.42 Å². The molecule has 4 rings (SSSR count). The van der Waals surface area contributed by atoms with Crippen molar-refractivity contribution < 1.29 is 13.2 Å². The molecule has 1 fully saturated rings. The molecule has 2 aromatic carbocycles. The van der Waals surface area contributed by atoms with Crippen LogP contribution in [-0.4, -0.2) is 20.9 Å². The Morgan fingerprint density at radius 3 is 2.52 bits per heavy atom. The molecule has 25 heavy (non-hydrogen) atoms. The van der Waals surface area contributed by atoms with Crippen LogP contribution in [0.15, 0.2) is 51.8 Å². The first-order chi connectivity index (χ1) is 11.9. The molecule has 1 aliphatic carbocycles. The van der Waals surface area contributed by atoms with Crippen molar-refractivity contribution in [1.29, 1.82) is 0 Å². The highest BCUT2D eigenvalue weighted by Gasteiger charge is 2.36. The molecule has 2 aromatic rings. The minimum atomic E-state index is -3.66. The summed E-state index contributed by atoms with van der Waals surface area (Å²) in [5.74, 6) is 0.329. The molecule has 1 saturated carbocycles. The molecule has 0 spiro atoms. The van der Waals surface area contributed by atoms with Crippen molar-refractivity contribution >= 4 is 43.2 Å². The lowest BCUT2D eigenvalue weighted by Gasteiger charge is -2.17. The number of benzene rings is 2. The monoisotopic (exact) mass is 420 g/mol. The van der Waals surface area contributed by atoms with E-state index in [1.54, 1.807) is 47.4 Å². The highest BCUT2D eigenvalue weighted by Crippen LogP contribution is 2.37. The Kier molecular flexibility index (Phi) is 4.08. The van der Waals surface area contributed by atoms with Crippen LogP contribution >= 0.6 is 15.9 Å². The molecule has 2 aliphatic rings. The first-order valence-corrected chi connectivity index (χ1v) is 10.4. The summed E-state index contributed by atoms with van der Waals surface area (Å²) >= 11 is 3.33. The molecule has 0 unspecified atom stereocenters. The molecule has 130 valence electrons. The maximum absolute atomic E-state index is 12.6. The van der Waals surface area contributed by atoms with Crippen LogP contribution in [0, 0.1) is 5.92 Å². The van der Waals surface area contributed by atoms with Gasteiger partial charge in [-0.3, -0.25) is 9.52 Å². The fourth-order valence-electron chi connectivity index (χ4n) is 3.06. The Labute approximate surface area is 155 Å². The van der Waals surface area contributed by atoms with E-state index < -0.39 is 10.0 Å². The molecule has 1 heterocycles. The normalized spacial score (nSPS) is 16.6. The van der Waals surface area contributed by atoms with Gasteiger partial charge in [0.1, 0.15) is 0 Å². The van der Waals surface area contributed by atoms with Gasteiger partial charge in [-0.2, -0.15) is 0 Å². The lowest BCUT2D eigenvalue weighted by Crippen LogP contribution is -2.30. The van der Waals surface area contributed by atoms with Crippen molar-refractivity contribution in [2.45, 2.75) is 24.2 Å². The van der Waals surface area contributed by atoms with Gasteiger partial charge in [0.25, 0.3) is 10.0 Å². The average Bonchev–Trinajstić information content (AvgIpc) is 3.35. The van der Waals surface area contributed by atoms with Crippen LogP contribution in [0.4, 0.5) is 11.4 Å². The molecule has 0 radical (unpaired) electrons. The van der Waals surface area contributed by atoms with Gasteiger partial charge in [0.15, 0.2) is 0 Å². The van der Waals surface area contributed by atoms with Gasteiger partial charge in [-0.15, -0.1) is 0 Å². The van der Waals surface area contributed by atoms with Crippen LogP contribution in [0.25, 0.3) is 0 Å². The Balaban J connectivity index is 1.59. The maximum atomic E-state index is 12.6. The largest absolute Gasteiger partial charge is 0.312 e. The molecule has 0 aromatic heterocycles. The maximum Gasteiger partial charge on any atom is 0.261 e. The van der Waals surface area contributed by atoms with Crippen molar-refractivity contribution in [2.75, 3.05) is 16.2 Å². The zero-order chi connectivity index (χ0) is 17.6. The quantitative estimate of drug-likeness (QED) is 0.821. The SMILES string of the molecule is O=C(C1CC1)N1CCc2cc(S(=O)(=O)Nc3ccc(Br)cc3)ccc21. The van der Waals surface area contributed by atoms with Crippen LogP contribution in [0.1, 0.15) is 18.4 Å². The number of hydrogen-bond acceptors (Lipinski definition) is 3. The molecular formula is C18H17BrN2O3S. The summed E-state index contributed by atoms with van der Waals surface area (Å²) in [6, 6.07) is 12.0. The predicted octanol–water partition coefficient (Wildman–Crippen LogP) is 3.55. The van der Waals surface area contributed by atoms with E-state index in [0.717, 1.165) is 28.6 Å². The van der Waals surface area contributed by atoms with Gasteiger partial charge in [0.05, 0.1) is 4.90 Å². The summed E-state index contributed by atoms with van der Waals surface area (Å²) in [5.41, 5.74) is 2.27. The minimum absolute atomic E-state index is 0.161. The zero-order valence-electron chi connectivity index (χ0n) is 13.4. The minimum Gasteiger partial charge on any atom is -0.312 e. The molecule has 0 saturated heterocycles. The molecule has 1 aliphatic heterocycles. The highest BCUT2D eigenvalue weighted by molar-refractivity contribution is 9.10. The lowest BCUT2D eigenvalue weighted by atomic mass is 10.2. The number of halogens is 1. The number of fused-ring (bicyclic) bond motifs is 1. The predicted molar refractivity (Wildman–Crippen MR) is 100 cm³/mol. The second kappa shape index (κ2) is 6.14. The summed E-state index contributed by atoms with van der Waals surface area (Å²) < 4.78 is 28.7. The number of nitrogens with zero attached hydrogens (tertiary/aromatic N) is 1. The topological polar surface area (TPSA) is 66.5 Å². The van der Waals surface area contributed by atoms with Crippen molar-refractivity contribution in [1.82, 2.24) is 0 Å². The summed E-state index contributed by atoms with van der Waals surface area (Å²) in [6.07, 6.45) is 2.62. The zero-order valence-corrected chi connectivity index (χ0v) is 15.8. The Bertz CT molecular complexity index is 937. The molecule has 5 nitrogen and oxygen atoms in total. The summed E-state index contributed by atoms with van der Waals surface area (Å²) in [7, 11) is -3.66. The lowest BCUT2D eigenvalue weighted by molar-refractivity contribution is -0.119. The van der Waals surface area contributed by atoms with E-state index in [2.05, 4.69) is 20.7 Å². The highest BCUT2D eigenvalue weighted by atomic mass is 79.9. The van der Waals surface area contributed by atoms with E-state index in [9.17, 15) is 13.2 Å². The molecule has 1 N–H and O–H groups in total. The first-order valence-electron chi connectivity index (χ1n) is 8.17. The second-order valence-corrected chi connectivity index (χ2v) is 9.02. The fourth-order valence-corrected chi connectivity index (χ4v) is 4.43. The molecule has 7 heteroatoms. The molecule has 0 bridgehead atoms. The van der Waals surface area contributed by atoms with E-state index in [1.165, 1.54) is 0 Å². The van der Waals surface area contributed by atoms with Crippen molar-refractivity contribution in [2.24, 2.45) is 5.92 Å². The molecule has 1 amide bonds. The smallest absolute Gasteiger partial charge is 0.261 e. The third-order valence-electron chi connectivity index (χ3n) is 4.55. The third-order valence-corrected chi connectivity index (χ3v) is 6.45. The second-order valence-electron chi connectivity index (χ2n) is 6.42. The van der Waals surface area contributed by atoms with Gasteiger partial charge in [-0.05, 0) is 67.3 Å². The van der Waals surface area contributed by atoms with E-state index in [-0.39, 0.29) is 16.7 Å². The van der Waals surface area contributed by atoms with Crippen LogP contribution in [0.5, 0.6) is 0 Å². The number of hydrogen-bond donors (Lipinski definition) is 1. The van der Waals surface area contributed by atoms with Crippen LogP contribution in [-0.2, 0) is 21.2 Å². The van der Waals surface area contributed by atoms with E-state index >= 15 is 0 Å². The molecule has 0 atom stereocenters. The van der Waals surface area contributed by atoms with Gasteiger partial charge >= 0.3 is 0 Å². The van der Waals surface area contributed by atoms with E-state index in [1.807, 2.05) is 0 Å². The van der Waals surface area contributed by atoms with E-state index in [0.29, 0.717) is 18.7 Å². The number of sulfonamides is 1. The van der Waals surface area contributed by atoms with Crippen molar-refractivity contribution in [3.63, 3.8) is 0 Å². The fraction of sp³-hybridized carbons (Fsp3) is 0.278. The van der Waals surface area contributed by atoms with Crippen LogP contribution in [0.2, 0.25) is 0 Å². The number of nitrogens with one attached hydrogen (secondary N) is 1. The van der Waals surface area contributed by atoms with Gasteiger partial charge < -0.3 is 4.90 Å². The van der Waals surface area contributed by atoms with Crippen molar-refractivity contribution in [3.05, 3.63) is 52.5 Å². The summed E-state index contributed by atoms with van der Waals surface area (Å²) in [6.45, 7) is 0.633. The first kappa shape index (κ1) is 16.6. The Morgan fingerprint density at radius 1 is 1.12 bits per heavy atom. The van der Waals surface area contributed by atoms with Crippen LogP contribution in [0.3, 0.4) is 0 Å². The number of anilines is 2. The number of rotatable bonds is 4. The van der Waals surface area contributed by atoms with Gasteiger partial charge in [0, 0.05) is 28.3 Å². The average molecular weight is 421 g/mol. The van der Waals surface area contributed by atoms with Crippen LogP contribution < -0.4 is 9.62 Å². The van der Waals surface area contributed by atoms with Gasteiger partial charge in [-0.1, -0.05) is 15.9 Å². The molecular weight excluding hydrogens is 404 g/mol. The third kappa shape index (κ3) is 3.30. The Hall–Kier alpha value is -1.86. The standard InChI is InChI=1S/C18H17BrN2O3S/c19-14-3-5-15(6-4-14)20-25(23,24)16-7-8-17-13(11-16)9-10-21(17)18(22)12-1-2-12/h3-8,11-12,20H,1-2,9-10H2. The summed E-state index contributed by atoms with van der Waals surface area (Å²) in [5, 5.41) is 0. The van der Waals surface area contributed by atoms with E-state index in [4.69, 9.17) is 0 Å². The van der Waals surface area contributed by atoms with Gasteiger partial charge in [0.2, 0.25) is 5.91 Å². The number of amides is 1. The number of carbonyl (C=O) groups excluding carboxylic acids is 1. The van der Waals surface area contributed by atoms with Crippen molar-refractivity contribution in [3.8, 4) is 0 Å². The number of carbonyl (C=O) groups is 1.